The molecule has 1 fully saturated rings. The molecule has 17 heteroatoms. The number of carboxylic acids is 1. The van der Waals surface area contributed by atoms with Crippen molar-refractivity contribution in [2.45, 2.75) is 114 Å². The average molecular weight is 810 g/mol. The van der Waals surface area contributed by atoms with Crippen molar-refractivity contribution < 1.29 is 78.4 Å². The highest BCUT2D eigenvalue weighted by Crippen LogP contribution is 2.52. The van der Waals surface area contributed by atoms with Crippen LogP contribution in [0.3, 0.4) is 0 Å². The number of ether oxygens (including phenoxy) is 4. The van der Waals surface area contributed by atoms with Crippen LogP contribution in [0.5, 0.6) is 17.2 Å². The monoisotopic (exact) mass is 809 g/mol. The van der Waals surface area contributed by atoms with Gasteiger partial charge in [-0.3, -0.25) is 24.0 Å². The van der Waals surface area contributed by atoms with E-state index in [1.807, 2.05) is 0 Å². The van der Waals surface area contributed by atoms with Crippen LogP contribution in [-0.4, -0.2) is 116 Å². The number of methoxy groups -OCH3 is 1. The molecule has 1 aliphatic heterocycles. The largest absolute Gasteiger partial charge is 0.507 e. The van der Waals surface area contributed by atoms with Crippen molar-refractivity contribution in [2.75, 3.05) is 13.7 Å². The fourth-order valence-electron chi connectivity index (χ4n) is 8.41. The Balaban J connectivity index is 1.24. The lowest BCUT2D eigenvalue weighted by atomic mass is 9.72. The van der Waals surface area contributed by atoms with Crippen LogP contribution in [0.4, 0.5) is 4.79 Å². The van der Waals surface area contributed by atoms with Crippen molar-refractivity contribution in [1.29, 1.82) is 0 Å². The van der Waals surface area contributed by atoms with Gasteiger partial charge in [0.15, 0.2) is 17.9 Å². The van der Waals surface area contributed by atoms with E-state index >= 15 is 0 Å². The van der Waals surface area contributed by atoms with Crippen LogP contribution in [0.1, 0.15) is 114 Å². The number of hydrogen-bond acceptors (Lipinski definition) is 15. The van der Waals surface area contributed by atoms with Gasteiger partial charge in [-0.2, -0.15) is 0 Å². The molecule has 0 spiro atoms. The summed E-state index contributed by atoms with van der Waals surface area (Å²) in [5.74, 6) is -5.47. The van der Waals surface area contributed by atoms with E-state index in [9.17, 15) is 54.3 Å². The summed E-state index contributed by atoms with van der Waals surface area (Å²) < 4.78 is 23.1. The third-order valence-electron chi connectivity index (χ3n) is 11.8. The van der Waals surface area contributed by atoms with Gasteiger partial charge in [0.2, 0.25) is 5.78 Å². The van der Waals surface area contributed by atoms with E-state index < -0.39 is 119 Å². The molecule has 8 atom stereocenters. The van der Waals surface area contributed by atoms with Crippen LogP contribution < -0.4 is 10.1 Å². The standard InChI is InChI=1S/C41H47NO16/c1-19-34(48)23(42-39(53)57-20-7-4-5-13-40(2,14-12-20)26(44)10-11-28(46)47)15-29(56-19)58-25-17-41(54,27(45)18-43)16-22-31(25)38(52)33-32(36(22)50)35(49)21-8-6-9-24(55-3)30(21)37(33)51/h4,6-9,19-20,23,25,29,34,43,48,50,52,54H,5,10-18H2,1-3H3,(H,42,53)(H,46,47)/b7-4+/t19-,20-,23-,25-,29?,34+,40+,41-/m0/s1. The van der Waals surface area contributed by atoms with Crippen molar-refractivity contribution in [3.8, 4) is 17.2 Å². The highest BCUT2D eigenvalue weighted by molar-refractivity contribution is 6.31. The first-order chi connectivity index (χ1) is 27.4. The first-order valence-electron chi connectivity index (χ1n) is 19.0. The Morgan fingerprint density at radius 2 is 1.72 bits per heavy atom. The number of aliphatic hydroxyl groups is 3. The number of alkyl carbamates (subject to hydrolysis) is 1. The number of aromatic hydroxyl groups is 2. The van der Waals surface area contributed by atoms with E-state index in [-0.39, 0.29) is 59.5 Å². The van der Waals surface area contributed by atoms with Gasteiger partial charge in [-0.25, -0.2) is 4.79 Å². The van der Waals surface area contributed by atoms with Gasteiger partial charge in [-0.15, -0.1) is 0 Å². The van der Waals surface area contributed by atoms with Gasteiger partial charge in [0, 0.05) is 47.8 Å². The quantitative estimate of drug-likeness (QED) is 0.108. The molecule has 1 saturated heterocycles. The Labute approximate surface area is 332 Å². The molecular weight excluding hydrogens is 762 g/mol. The molecule has 4 aliphatic rings. The highest BCUT2D eigenvalue weighted by Gasteiger charge is 2.50. The lowest BCUT2D eigenvalue weighted by molar-refractivity contribution is -0.249. The molecule has 1 heterocycles. The number of benzene rings is 2. The summed E-state index contributed by atoms with van der Waals surface area (Å²) >= 11 is 0. The smallest absolute Gasteiger partial charge is 0.408 e. The number of fused-ring (bicyclic) bond motifs is 3. The Hall–Kier alpha value is -5.20. The zero-order chi connectivity index (χ0) is 42.3. The number of aliphatic carboxylic acids is 1. The van der Waals surface area contributed by atoms with E-state index in [1.54, 1.807) is 19.1 Å². The van der Waals surface area contributed by atoms with Crippen LogP contribution in [0.15, 0.2) is 30.4 Å². The van der Waals surface area contributed by atoms with Crippen LogP contribution in [0, 0.1) is 5.41 Å². The number of rotatable bonds is 11. The number of carboxylic acid groups (broad SMARTS) is 1. The minimum absolute atomic E-state index is 0.0427. The third-order valence-corrected chi connectivity index (χ3v) is 11.8. The molecule has 1 amide bonds. The lowest BCUT2D eigenvalue weighted by Crippen LogP contribution is -2.56. The topological polar surface area (TPSA) is 273 Å². The number of hydrogen-bond donors (Lipinski definition) is 7. The molecule has 17 nitrogen and oxygen atoms in total. The van der Waals surface area contributed by atoms with Gasteiger partial charge in [0.05, 0.1) is 48.5 Å². The number of nitrogens with one attached hydrogen (secondary N) is 1. The number of aliphatic hydroxyl groups excluding tert-OH is 2. The number of carbonyl (C=O) groups excluding carboxylic acids is 5. The second-order valence-corrected chi connectivity index (χ2v) is 15.6. The van der Waals surface area contributed by atoms with Crippen molar-refractivity contribution in [3.63, 3.8) is 0 Å². The molecule has 3 aliphatic carbocycles. The summed E-state index contributed by atoms with van der Waals surface area (Å²) in [6.45, 7) is 2.16. The van der Waals surface area contributed by atoms with Crippen LogP contribution in [0.2, 0.25) is 0 Å². The SMILES string of the molecule is COc1cccc2c1C(=O)c1c(O)c3c(c(O)c1C2=O)C[C@@](O)(C(=O)CO)C[C@@H]3OC1C[C@H](NC(=O)O[C@H]2/C=C/CC[C@@](C)(C(=O)CCC(=O)O)CC2)[C@H](O)[C@H](C)O1. The zero-order valence-electron chi connectivity index (χ0n) is 32.2. The fourth-order valence-corrected chi connectivity index (χ4v) is 8.41. The van der Waals surface area contributed by atoms with Crippen LogP contribution >= 0.6 is 0 Å². The summed E-state index contributed by atoms with van der Waals surface area (Å²) in [5.41, 5.74) is -5.05. The predicted molar refractivity (Wildman–Crippen MR) is 199 cm³/mol. The molecule has 0 bridgehead atoms. The van der Waals surface area contributed by atoms with Gasteiger partial charge < -0.3 is 54.9 Å². The first-order valence-corrected chi connectivity index (χ1v) is 19.0. The molecule has 0 radical (unpaired) electrons. The van der Waals surface area contributed by atoms with Crippen molar-refractivity contribution in [2.24, 2.45) is 5.41 Å². The van der Waals surface area contributed by atoms with Crippen molar-refractivity contribution in [1.82, 2.24) is 5.32 Å². The molecule has 312 valence electrons. The molecule has 1 unspecified atom stereocenters. The van der Waals surface area contributed by atoms with Crippen molar-refractivity contribution in [3.05, 3.63) is 63.7 Å². The van der Waals surface area contributed by atoms with Gasteiger partial charge in [0.1, 0.15) is 47.4 Å². The fraction of sp³-hybridized carbons (Fsp3) is 0.512. The number of phenols is 2. The van der Waals surface area contributed by atoms with Gasteiger partial charge in [0.25, 0.3) is 0 Å². The molecule has 7 N–H and O–H groups in total. The van der Waals surface area contributed by atoms with Gasteiger partial charge >= 0.3 is 12.1 Å². The highest BCUT2D eigenvalue weighted by atomic mass is 16.7. The lowest BCUT2D eigenvalue weighted by Gasteiger charge is -2.42. The van der Waals surface area contributed by atoms with Crippen LogP contribution in [-0.2, 0) is 35.0 Å². The first kappa shape index (κ1) is 42.4. The van der Waals surface area contributed by atoms with Gasteiger partial charge in [-0.05, 0) is 44.7 Å². The second kappa shape index (κ2) is 16.6. The number of allylic oxidation sites excluding steroid dienone is 1. The normalized spacial score (nSPS) is 29.8. The maximum Gasteiger partial charge on any atom is 0.408 e. The summed E-state index contributed by atoms with van der Waals surface area (Å²) in [5, 5.41) is 67.4. The second-order valence-electron chi connectivity index (χ2n) is 15.6. The number of amides is 1. The number of phenolic OH excluding ortho intramolecular Hbond substituents is 2. The van der Waals surface area contributed by atoms with Gasteiger partial charge in [-0.1, -0.05) is 25.1 Å². The predicted octanol–water partition coefficient (Wildman–Crippen LogP) is 2.71. The number of carbonyl (C=O) groups is 6. The van der Waals surface area contributed by atoms with Crippen LogP contribution in [0.25, 0.3) is 0 Å². The Morgan fingerprint density at radius 1 is 1.00 bits per heavy atom. The van der Waals surface area contributed by atoms with Crippen molar-refractivity contribution >= 4 is 35.2 Å². The average Bonchev–Trinajstić information content (AvgIpc) is 3.18. The van der Waals surface area contributed by atoms with E-state index in [4.69, 9.17) is 24.1 Å². The molecular formula is C41H47NO16. The molecule has 6 rings (SSSR count). The molecule has 2 aromatic rings. The number of Topliss-reactive ketones (excluding diaryl/α,β-unsaturated/α-hetero) is 2. The minimum Gasteiger partial charge on any atom is -0.507 e. The minimum atomic E-state index is -2.38. The molecule has 0 aromatic heterocycles. The third kappa shape index (κ3) is 7.96. The van der Waals surface area contributed by atoms with E-state index in [0.717, 1.165) is 0 Å². The maximum absolute atomic E-state index is 14.0. The van der Waals surface area contributed by atoms with E-state index in [1.165, 1.54) is 32.2 Å². The Morgan fingerprint density at radius 3 is 2.41 bits per heavy atom. The maximum atomic E-state index is 14.0. The summed E-state index contributed by atoms with van der Waals surface area (Å²) in [6.07, 6.45) is -3.61. The van der Waals surface area contributed by atoms with E-state index in [2.05, 4.69) is 5.32 Å². The van der Waals surface area contributed by atoms with E-state index in [0.29, 0.717) is 19.3 Å². The Kier molecular flexibility index (Phi) is 12.1. The summed E-state index contributed by atoms with van der Waals surface area (Å²) in [7, 11) is 1.29. The molecule has 58 heavy (non-hydrogen) atoms. The Bertz CT molecular complexity index is 2060. The summed E-state index contributed by atoms with van der Waals surface area (Å²) in [4.78, 5) is 77.9. The number of ketones is 4. The molecule has 2 aromatic carbocycles. The summed E-state index contributed by atoms with van der Waals surface area (Å²) in [6, 6.07) is 3.21. The zero-order valence-corrected chi connectivity index (χ0v) is 32.2. The molecule has 0 saturated carbocycles.